The normalized spacial score (nSPS) is 10.3. The van der Waals surface area contributed by atoms with Crippen molar-refractivity contribution in [2.45, 2.75) is 26.2 Å². The minimum atomic E-state index is -0.0772. The van der Waals surface area contributed by atoms with E-state index in [2.05, 4.69) is 10.6 Å². The predicted molar refractivity (Wildman–Crippen MR) is 88.8 cm³/mol. The monoisotopic (exact) mass is 320 g/mol. The first-order chi connectivity index (χ1) is 11.1. The fourth-order valence-electron chi connectivity index (χ4n) is 2.10. The first kappa shape index (κ1) is 19.0. The largest absolute Gasteiger partial charge is 0.377 e. The van der Waals surface area contributed by atoms with Gasteiger partial charge in [-0.3, -0.25) is 14.4 Å². The van der Waals surface area contributed by atoms with Crippen molar-refractivity contribution in [3.63, 3.8) is 0 Å². The van der Waals surface area contributed by atoms with E-state index >= 15 is 0 Å². The number of methoxy groups -OCH3 is 1. The number of benzene rings is 1. The van der Waals surface area contributed by atoms with Gasteiger partial charge in [0.2, 0.25) is 5.91 Å². The second-order valence-corrected chi connectivity index (χ2v) is 5.29. The van der Waals surface area contributed by atoms with E-state index in [-0.39, 0.29) is 24.8 Å². The number of hydrogen-bond donors (Lipinski definition) is 2. The van der Waals surface area contributed by atoms with E-state index in [0.717, 1.165) is 24.7 Å². The minimum absolute atomic E-state index is 0.00998. The van der Waals surface area contributed by atoms with Crippen LogP contribution in [0.4, 0.5) is 5.69 Å². The number of anilines is 1. The van der Waals surface area contributed by atoms with Crippen molar-refractivity contribution in [3.05, 3.63) is 29.3 Å². The molecule has 0 aliphatic carbocycles. The third-order valence-electron chi connectivity index (χ3n) is 3.41. The Morgan fingerprint density at radius 3 is 2.74 bits per heavy atom. The first-order valence-electron chi connectivity index (χ1n) is 7.64. The number of rotatable bonds is 11. The number of carbonyl (C=O) groups excluding carboxylic acids is 3. The molecule has 2 N–H and O–H groups in total. The highest BCUT2D eigenvalue weighted by Crippen LogP contribution is 2.17. The molecule has 0 aliphatic rings. The van der Waals surface area contributed by atoms with Crippen LogP contribution in [0.2, 0.25) is 0 Å². The Kier molecular flexibility index (Phi) is 8.79. The number of amides is 1. The summed E-state index contributed by atoms with van der Waals surface area (Å²) in [6.07, 6.45) is 2.71. The van der Waals surface area contributed by atoms with Crippen LogP contribution in [-0.2, 0) is 14.3 Å². The van der Waals surface area contributed by atoms with E-state index in [1.165, 1.54) is 7.11 Å². The molecule has 0 heterocycles. The van der Waals surface area contributed by atoms with E-state index in [9.17, 15) is 14.4 Å². The number of nitrogens with one attached hydrogen (secondary N) is 2. The number of unbranched alkanes of at least 4 members (excludes halogenated alkanes) is 1. The van der Waals surface area contributed by atoms with Gasteiger partial charge in [-0.05, 0) is 37.9 Å². The SMILES string of the molecule is COCC(=O)CNCCCCC(=O)Nc1cccc(C=O)c1C. The molecular formula is C17H24N2O4. The van der Waals surface area contributed by atoms with Crippen molar-refractivity contribution >= 4 is 23.7 Å². The second-order valence-electron chi connectivity index (χ2n) is 5.29. The van der Waals surface area contributed by atoms with Crippen molar-refractivity contribution in [3.8, 4) is 0 Å². The number of Topliss-reactive ketones (excluding diaryl/α,β-unsaturated/α-hetero) is 1. The van der Waals surface area contributed by atoms with E-state index in [0.29, 0.717) is 24.2 Å². The number of hydrogen-bond acceptors (Lipinski definition) is 5. The van der Waals surface area contributed by atoms with Crippen LogP contribution in [0.25, 0.3) is 0 Å². The fraction of sp³-hybridized carbons (Fsp3) is 0.471. The summed E-state index contributed by atoms with van der Waals surface area (Å²) in [6.45, 7) is 2.90. The maximum atomic E-state index is 11.9. The first-order valence-corrected chi connectivity index (χ1v) is 7.64. The van der Waals surface area contributed by atoms with Crippen molar-refractivity contribution < 1.29 is 19.1 Å². The van der Waals surface area contributed by atoms with Gasteiger partial charge in [-0.25, -0.2) is 0 Å². The van der Waals surface area contributed by atoms with Gasteiger partial charge < -0.3 is 15.4 Å². The Morgan fingerprint density at radius 1 is 1.26 bits per heavy atom. The molecule has 0 atom stereocenters. The van der Waals surface area contributed by atoms with E-state index < -0.39 is 0 Å². The van der Waals surface area contributed by atoms with Crippen LogP contribution >= 0.6 is 0 Å². The van der Waals surface area contributed by atoms with Crippen LogP contribution in [0.3, 0.4) is 0 Å². The zero-order valence-electron chi connectivity index (χ0n) is 13.7. The molecule has 0 radical (unpaired) electrons. The molecule has 0 saturated heterocycles. The fourth-order valence-corrected chi connectivity index (χ4v) is 2.10. The Balaban J connectivity index is 2.23. The molecule has 0 aliphatic heterocycles. The molecule has 126 valence electrons. The number of carbonyl (C=O) groups is 3. The molecule has 6 nitrogen and oxygen atoms in total. The predicted octanol–water partition coefficient (Wildman–Crippen LogP) is 1.72. The quantitative estimate of drug-likeness (QED) is 0.479. The van der Waals surface area contributed by atoms with Crippen molar-refractivity contribution in [1.29, 1.82) is 0 Å². The van der Waals surface area contributed by atoms with E-state index in [4.69, 9.17) is 4.74 Å². The third-order valence-corrected chi connectivity index (χ3v) is 3.41. The lowest BCUT2D eigenvalue weighted by molar-refractivity contribution is -0.121. The molecule has 0 fully saturated rings. The van der Waals surface area contributed by atoms with Gasteiger partial charge >= 0.3 is 0 Å². The maximum Gasteiger partial charge on any atom is 0.224 e. The number of ether oxygens (including phenoxy) is 1. The number of aldehydes is 1. The van der Waals surface area contributed by atoms with Gasteiger partial charge in [0.15, 0.2) is 5.78 Å². The summed E-state index contributed by atoms with van der Waals surface area (Å²) < 4.78 is 4.73. The average Bonchev–Trinajstić information content (AvgIpc) is 2.53. The lowest BCUT2D eigenvalue weighted by Crippen LogP contribution is -2.26. The molecule has 1 amide bonds. The number of ketones is 1. The molecule has 1 aromatic carbocycles. The Hall–Kier alpha value is -2.05. The van der Waals surface area contributed by atoms with Crippen LogP contribution < -0.4 is 10.6 Å². The molecule has 0 saturated carbocycles. The topological polar surface area (TPSA) is 84.5 Å². The molecular weight excluding hydrogens is 296 g/mol. The molecule has 23 heavy (non-hydrogen) atoms. The van der Waals surface area contributed by atoms with Crippen LogP contribution in [-0.4, -0.2) is 44.8 Å². The molecule has 6 heteroatoms. The van der Waals surface area contributed by atoms with Crippen molar-refractivity contribution in [2.75, 3.05) is 32.1 Å². The van der Waals surface area contributed by atoms with Crippen LogP contribution in [0.5, 0.6) is 0 Å². The third kappa shape index (κ3) is 7.17. The molecule has 0 bridgehead atoms. The van der Waals surface area contributed by atoms with Gasteiger partial charge in [0, 0.05) is 24.8 Å². The van der Waals surface area contributed by atoms with Crippen molar-refractivity contribution in [2.24, 2.45) is 0 Å². The zero-order chi connectivity index (χ0) is 17.1. The standard InChI is InChI=1S/C17H24N2O4/c1-13-14(11-20)6-5-7-16(13)19-17(22)8-3-4-9-18-10-15(21)12-23-2/h5-7,11,18H,3-4,8-10,12H2,1-2H3,(H,19,22). The molecule has 0 spiro atoms. The summed E-state index contributed by atoms with van der Waals surface area (Å²) in [5, 5.41) is 5.84. The van der Waals surface area contributed by atoms with Crippen LogP contribution in [0, 0.1) is 6.92 Å². The Bertz CT molecular complexity index is 543. The summed E-state index contributed by atoms with van der Waals surface area (Å²) in [7, 11) is 1.49. The van der Waals surface area contributed by atoms with Crippen LogP contribution in [0.1, 0.15) is 35.2 Å². The van der Waals surface area contributed by atoms with E-state index in [1.54, 1.807) is 25.1 Å². The van der Waals surface area contributed by atoms with E-state index in [1.807, 2.05) is 0 Å². The Morgan fingerprint density at radius 2 is 2.04 bits per heavy atom. The van der Waals surface area contributed by atoms with Gasteiger partial charge in [-0.2, -0.15) is 0 Å². The highest BCUT2D eigenvalue weighted by molar-refractivity contribution is 5.93. The van der Waals surface area contributed by atoms with Gasteiger partial charge in [-0.15, -0.1) is 0 Å². The minimum Gasteiger partial charge on any atom is -0.377 e. The lowest BCUT2D eigenvalue weighted by Gasteiger charge is -2.10. The molecule has 0 unspecified atom stereocenters. The van der Waals surface area contributed by atoms with Gasteiger partial charge in [0.1, 0.15) is 12.9 Å². The molecule has 0 aromatic heterocycles. The van der Waals surface area contributed by atoms with Gasteiger partial charge in [0.25, 0.3) is 0 Å². The summed E-state index contributed by atoms with van der Waals surface area (Å²) >= 11 is 0. The van der Waals surface area contributed by atoms with Crippen molar-refractivity contribution in [1.82, 2.24) is 5.32 Å². The summed E-state index contributed by atoms with van der Waals surface area (Å²) in [5.74, 6) is -0.0672. The Labute approximate surface area is 136 Å². The zero-order valence-corrected chi connectivity index (χ0v) is 13.7. The summed E-state index contributed by atoms with van der Waals surface area (Å²) in [6, 6.07) is 5.24. The molecule has 1 aromatic rings. The second kappa shape index (κ2) is 10.6. The molecule has 1 rings (SSSR count). The van der Waals surface area contributed by atoms with Crippen LogP contribution in [0.15, 0.2) is 18.2 Å². The van der Waals surface area contributed by atoms with Gasteiger partial charge in [0.05, 0.1) is 6.54 Å². The lowest BCUT2D eigenvalue weighted by atomic mass is 10.1. The maximum absolute atomic E-state index is 11.9. The smallest absolute Gasteiger partial charge is 0.224 e. The average molecular weight is 320 g/mol. The highest BCUT2D eigenvalue weighted by atomic mass is 16.5. The van der Waals surface area contributed by atoms with Gasteiger partial charge in [-0.1, -0.05) is 12.1 Å². The summed E-state index contributed by atoms with van der Waals surface area (Å²) in [5.41, 5.74) is 2.02. The summed E-state index contributed by atoms with van der Waals surface area (Å²) in [4.78, 5) is 34.0. The highest BCUT2D eigenvalue weighted by Gasteiger charge is 2.07.